The van der Waals surface area contributed by atoms with Gasteiger partial charge in [-0.25, -0.2) is 4.39 Å². The minimum Gasteiger partial charge on any atom is -0.482 e. The first-order chi connectivity index (χ1) is 10.0. The third kappa shape index (κ3) is 3.35. The maximum Gasteiger partial charge on any atom is 0.312 e. The molecule has 0 aliphatic rings. The van der Waals surface area contributed by atoms with Crippen LogP contribution in [0.25, 0.3) is 0 Å². The summed E-state index contributed by atoms with van der Waals surface area (Å²) in [5, 5.41) is 19.7. The Bertz CT molecular complexity index is 743. The molecule has 0 aliphatic heterocycles. The van der Waals surface area contributed by atoms with Crippen LogP contribution in [0.15, 0.2) is 40.9 Å². The Morgan fingerprint density at radius 3 is 2.81 bits per heavy atom. The van der Waals surface area contributed by atoms with Gasteiger partial charge in [0.25, 0.3) is 0 Å². The van der Waals surface area contributed by atoms with E-state index in [4.69, 9.17) is 10.00 Å². The van der Waals surface area contributed by atoms with Crippen LogP contribution >= 0.6 is 15.9 Å². The van der Waals surface area contributed by atoms with Gasteiger partial charge in [-0.1, -0.05) is 28.1 Å². The predicted octanol–water partition coefficient (Wildman–Crippen LogP) is 3.95. The van der Waals surface area contributed by atoms with E-state index in [1.165, 1.54) is 30.3 Å². The third-order valence-electron chi connectivity index (χ3n) is 2.70. The minimum atomic E-state index is -0.681. The lowest BCUT2D eigenvalue weighted by Gasteiger charge is -2.08. The number of nitriles is 1. The highest BCUT2D eigenvalue weighted by Crippen LogP contribution is 2.30. The molecule has 0 spiro atoms. The molecule has 0 saturated heterocycles. The number of hydrogen-bond donors (Lipinski definition) is 0. The summed E-state index contributed by atoms with van der Waals surface area (Å²) < 4.78 is 19.7. The van der Waals surface area contributed by atoms with Gasteiger partial charge in [0.2, 0.25) is 0 Å². The van der Waals surface area contributed by atoms with Crippen molar-refractivity contribution in [1.82, 2.24) is 0 Å². The van der Waals surface area contributed by atoms with Gasteiger partial charge in [0, 0.05) is 16.1 Å². The summed E-state index contributed by atoms with van der Waals surface area (Å²) in [7, 11) is 0. The van der Waals surface area contributed by atoms with Gasteiger partial charge in [0.15, 0.2) is 5.75 Å². The largest absolute Gasteiger partial charge is 0.482 e. The van der Waals surface area contributed by atoms with Crippen molar-refractivity contribution in [2.75, 3.05) is 0 Å². The van der Waals surface area contributed by atoms with E-state index >= 15 is 0 Å². The zero-order chi connectivity index (χ0) is 15.4. The summed E-state index contributed by atoms with van der Waals surface area (Å²) in [6.45, 7) is -0.205. The second-order valence-electron chi connectivity index (χ2n) is 4.05. The van der Waals surface area contributed by atoms with E-state index in [1.54, 1.807) is 12.1 Å². The van der Waals surface area contributed by atoms with Gasteiger partial charge in [-0.05, 0) is 18.2 Å². The second-order valence-corrected chi connectivity index (χ2v) is 4.96. The molecule has 0 fully saturated rings. The van der Waals surface area contributed by atoms with Crippen LogP contribution in [-0.2, 0) is 6.61 Å². The van der Waals surface area contributed by atoms with Crippen molar-refractivity contribution >= 4 is 21.6 Å². The zero-order valence-electron chi connectivity index (χ0n) is 10.5. The van der Waals surface area contributed by atoms with Crippen molar-refractivity contribution in [3.63, 3.8) is 0 Å². The van der Waals surface area contributed by atoms with Crippen LogP contribution in [-0.4, -0.2) is 4.92 Å². The summed E-state index contributed by atoms with van der Waals surface area (Å²) in [5.41, 5.74) is -0.158. The molecular formula is C14H8BrFN2O3. The van der Waals surface area contributed by atoms with Crippen molar-refractivity contribution in [3.05, 3.63) is 67.9 Å². The lowest BCUT2D eigenvalue weighted by molar-refractivity contribution is -0.386. The summed E-state index contributed by atoms with van der Waals surface area (Å²) >= 11 is 3.14. The van der Waals surface area contributed by atoms with Crippen LogP contribution in [0.2, 0.25) is 0 Å². The maximum atomic E-state index is 13.9. The monoisotopic (exact) mass is 350 g/mol. The number of hydrogen-bond acceptors (Lipinski definition) is 4. The molecule has 21 heavy (non-hydrogen) atoms. The van der Waals surface area contributed by atoms with E-state index in [-0.39, 0.29) is 29.2 Å². The molecule has 2 rings (SSSR count). The molecule has 0 saturated carbocycles. The second kappa shape index (κ2) is 6.33. The summed E-state index contributed by atoms with van der Waals surface area (Å²) in [6.07, 6.45) is 0. The molecule has 0 bridgehead atoms. The number of rotatable bonds is 4. The van der Waals surface area contributed by atoms with E-state index < -0.39 is 10.7 Å². The summed E-state index contributed by atoms with van der Waals surface area (Å²) in [4.78, 5) is 10.4. The lowest BCUT2D eigenvalue weighted by atomic mass is 10.1. The number of nitro benzene ring substituents is 1. The Hall–Kier alpha value is -2.46. The van der Waals surface area contributed by atoms with Crippen molar-refractivity contribution in [2.24, 2.45) is 0 Å². The normalized spacial score (nSPS) is 9.95. The Kier molecular flexibility index (Phi) is 4.50. The first-order valence-electron chi connectivity index (χ1n) is 5.77. The molecule has 0 radical (unpaired) electrons. The van der Waals surface area contributed by atoms with Crippen LogP contribution in [0.1, 0.15) is 11.1 Å². The van der Waals surface area contributed by atoms with Gasteiger partial charge in [0.1, 0.15) is 18.5 Å². The Morgan fingerprint density at radius 1 is 1.38 bits per heavy atom. The summed E-state index contributed by atoms with van der Waals surface area (Å²) in [5.74, 6) is -0.648. The number of nitro groups is 1. The lowest BCUT2D eigenvalue weighted by Crippen LogP contribution is -2.02. The zero-order valence-corrected chi connectivity index (χ0v) is 12.1. The average Bonchev–Trinajstić information content (AvgIpc) is 2.47. The molecule has 0 unspecified atom stereocenters. The van der Waals surface area contributed by atoms with Gasteiger partial charge < -0.3 is 4.74 Å². The SMILES string of the molecule is N#Cc1cccc(COc2ccc(Br)cc2[N+](=O)[O-])c1F. The van der Waals surface area contributed by atoms with Gasteiger partial charge >= 0.3 is 5.69 Å². The van der Waals surface area contributed by atoms with Gasteiger partial charge in [-0.2, -0.15) is 5.26 Å². The van der Waals surface area contributed by atoms with Crippen LogP contribution < -0.4 is 4.74 Å². The minimum absolute atomic E-state index is 0.0324. The molecule has 0 amide bonds. The van der Waals surface area contributed by atoms with Crippen molar-refractivity contribution in [3.8, 4) is 11.8 Å². The van der Waals surface area contributed by atoms with Crippen LogP contribution in [0.5, 0.6) is 5.75 Å². The van der Waals surface area contributed by atoms with E-state index in [1.807, 2.05) is 0 Å². The quantitative estimate of drug-likeness (QED) is 0.617. The molecule has 2 aromatic rings. The molecule has 7 heteroatoms. The molecular weight excluding hydrogens is 343 g/mol. The molecule has 2 aromatic carbocycles. The standard InChI is InChI=1S/C14H8BrFN2O3/c15-11-4-5-13(12(6-11)18(19)20)21-8-10-3-1-2-9(7-17)14(10)16/h1-6H,8H2. The topological polar surface area (TPSA) is 76.2 Å². The first kappa shape index (κ1) is 14.9. The molecule has 5 nitrogen and oxygen atoms in total. The van der Waals surface area contributed by atoms with E-state index in [9.17, 15) is 14.5 Å². The predicted molar refractivity (Wildman–Crippen MR) is 76.2 cm³/mol. The Balaban J connectivity index is 2.25. The Morgan fingerprint density at radius 2 is 2.14 bits per heavy atom. The summed E-state index contributed by atoms with van der Waals surface area (Å²) in [6, 6.07) is 10.4. The van der Waals surface area contributed by atoms with Crippen molar-refractivity contribution in [2.45, 2.75) is 6.61 Å². The Labute approximate surface area is 127 Å². The highest BCUT2D eigenvalue weighted by atomic mass is 79.9. The smallest absolute Gasteiger partial charge is 0.312 e. The van der Waals surface area contributed by atoms with Crippen molar-refractivity contribution < 1.29 is 14.1 Å². The highest BCUT2D eigenvalue weighted by molar-refractivity contribution is 9.10. The number of ether oxygens (including phenoxy) is 1. The number of halogens is 2. The van der Waals surface area contributed by atoms with Crippen LogP contribution in [0.3, 0.4) is 0 Å². The molecule has 0 aromatic heterocycles. The van der Waals surface area contributed by atoms with Gasteiger partial charge in [-0.3, -0.25) is 10.1 Å². The molecule has 0 atom stereocenters. The van der Waals surface area contributed by atoms with Crippen LogP contribution in [0, 0.1) is 27.3 Å². The van der Waals surface area contributed by atoms with Crippen molar-refractivity contribution in [1.29, 1.82) is 5.26 Å². The fraction of sp³-hybridized carbons (Fsp3) is 0.0714. The fourth-order valence-electron chi connectivity index (χ4n) is 1.69. The molecule has 0 aliphatic carbocycles. The fourth-order valence-corrected chi connectivity index (χ4v) is 2.04. The van der Waals surface area contributed by atoms with Gasteiger partial charge in [-0.15, -0.1) is 0 Å². The molecule has 0 heterocycles. The average molecular weight is 351 g/mol. The maximum absolute atomic E-state index is 13.9. The van der Waals surface area contributed by atoms with E-state index in [0.29, 0.717) is 4.47 Å². The van der Waals surface area contributed by atoms with Crippen LogP contribution in [0.4, 0.5) is 10.1 Å². The highest BCUT2D eigenvalue weighted by Gasteiger charge is 2.16. The third-order valence-corrected chi connectivity index (χ3v) is 3.19. The van der Waals surface area contributed by atoms with Gasteiger partial charge in [0.05, 0.1) is 10.5 Å². The number of nitrogens with zero attached hydrogens (tertiary/aromatic N) is 2. The molecule has 106 valence electrons. The van der Waals surface area contributed by atoms with E-state index in [0.717, 1.165) is 0 Å². The number of benzene rings is 2. The molecule has 0 N–H and O–H groups in total. The first-order valence-corrected chi connectivity index (χ1v) is 6.56. The van der Waals surface area contributed by atoms with E-state index in [2.05, 4.69) is 15.9 Å².